The Morgan fingerprint density at radius 1 is 1.23 bits per heavy atom. The SMILES string of the molecule is CCc1ccc(OCc2cn(CCCNC(=O)OC(C)(C)C)nn2)cc1. The summed E-state index contributed by atoms with van der Waals surface area (Å²) in [5.41, 5.74) is 1.56. The van der Waals surface area contributed by atoms with Crippen LogP contribution in [0.4, 0.5) is 4.79 Å². The summed E-state index contributed by atoms with van der Waals surface area (Å²) in [4.78, 5) is 11.5. The Kier molecular flexibility index (Phi) is 7.00. The van der Waals surface area contributed by atoms with E-state index in [0.717, 1.165) is 24.3 Å². The molecule has 1 heterocycles. The summed E-state index contributed by atoms with van der Waals surface area (Å²) in [6, 6.07) is 8.05. The molecule has 26 heavy (non-hydrogen) atoms. The minimum absolute atomic E-state index is 0.377. The Labute approximate surface area is 154 Å². The van der Waals surface area contributed by atoms with Gasteiger partial charge in [0.2, 0.25) is 0 Å². The fourth-order valence-corrected chi connectivity index (χ4v) is 2.24. The number of alkyl carbamates (subject to hydrolysis) is 1. The third-order valence-corrected chi connectivity index (χ3v) is 3.54. The van der Waals surface area contributed by atoms with E-state index < -0.39 is 11.7 Å². The molecular formula is C19H28N4O3. The normalized spacial score (nSPS) is 11.2. The van der Waals surface area contributed by atoms with Gasteiger partial charge in [-0.2, -0.15) is 0 Å². The second-order valence-corrected chi connectivity index (χ2v) is 7.04. The number of hydrogen-bond donors (Lipinski definition) is 1. The number of hydrogen-bond acceptors (Lipinski definition) is 5. The molecule has 1 amide bonds. The first-order chi connectivity index (χ1) is 12.4. The smallest absolute Gasteiger partial charge is 0.407 e. The van der Waals surface area contributed by atoms with Crippen LogP contribution in [0.25, 0.3) is 0 Å². The standard InChI is InChI=1S/C19H28N4O3/c1-5-15-7-9-17(10-8-15)25-14-16-13-23(22-21-16)12-6-11-20-18(24)26-19(2,3)4/h7-10,13H,5-6,11-12,14H2,1-4H3,(H,20,24). The second kappa shape index (κ2) is 9.22. The van der Waals surface area contributed by atoms with Gasteiger partial charge in [0.25, 0.3) is 0 Å². The van der Waals surface area contributed by atoms with Crippen LogP contribution >= 0.6 is 0 Å². The molecule has 0 bridgehead atoms. The molecule has 1 aromatic carbocycles. The molecule has 0 fully saturated rings. The topological polar surface area (TPSA) is 78.3 Å². The molecule has 142 valence electrons. The first-order valence-electron chi connectivity index (χ1n) is 8.93. The van der Waals surface area contributed by atoms with Gasteiger partial charge in [-0.25, -0.2) is 4.79 Å². The second-order valence-electron chi connectivity index (χ2n) is 7.04. The maximum Gasteiger partial charge on any atom is 0.407 e. The number of aryl methyl sites for hydroxylation is 2. The molecule has 0 unspecified atom stereocenters. The van der Waals surface area contributed by atoms with Crippen LogP contribution in [-0.4, -0.2) is 33.2 Å². The van der Waals surface area contributed by atoms with Crippen LogP contribution in [0.2, 0.25) is 0 Å². The van der Waals surface area contributed by atoms with Crippen molar-refractivity contribution in [3.63, 3.8) is 0 Å². The molecule has 2 aromatic rings. The lowest BCUT2D eigenvalue weighted by Crippen LogP contribution is -2.33. The fraction of sp³-hybridized carbons (Fsp3) is 0.526. The average Bonchev–Trinajstić information content (AvgIpc) is 3.04. The number of amides is 1. The van der Waals surface area contributed by atoms with Gasteiger partial charge >= 0.3 is 6.09 Å². The summed E-state index contributed by atoms with van der Waals surface area (Å²) < 4.78 is 12.6. The van der Waals surface area contributed by atoms with Crippen molar-refractivity contribution in [3.8, 4) is 5.75 Å². The molecule has 0 spiro atoms. The van der Waals surface area contributed by atoms with E-state index in [1.807, 2.05) is 39.1 Å². The summed E-state index contributed by atoms with van der Waals surface area (Å²) in [6.45, 7) is 9.19. The minimum atomic E-state index is -0.484. The Morgan fingerprint density at radius 3 is 2.62 bits per heavy atom. The van der Waals surface area contributed by atoms with Crippen molar-refractivity contribution in [2.24, 2.45) is 0 Å². The van der Waals surface area contributed by atoms with Gasteiger partial charge in [-0.05, 0) is 51.3 Å². The number of benzene rings is 1. The third-order valence-electron chi connectivity index (χ3n) is 3.54. The van der Waals surface area contributed by atoms with E-state index in [9.17, 15) is 4.79 Å². The Hall–Kier alpha value is -2.57. The molecule has 0 aliphatic rings. The zero-order valence-corrected chi connectivity index (χ0v) is 16.0. The molecule has 0 saturated heterocycles. The highest BCUT2D eigenvalue weighted by molar-refractivity contribution is 5.67. The lowest BCUT2D eigenvalue weighted by Gasteiger charge is -2.19. The molecule has 2 rings (SSSR count). The highest BCUT2D eigenvalue weighted by Gasteiger charge is 2.15. The number of nitrogens with zero attached hydrogens (tertiary/aromatic N) is 3. The van der Waals surface area contributed by atoms with Crippen LogP contribution in [0.3, 0.4) is 0 Å². The van der Waals surface area contributed by atoms with Crippen molar-refractivity contribution >= 4 is 6.09 Å². The zero-order chi connectivity index (χ0) is 19.0. The number of carbonyl (C=O) groups is 1. The number of aromatic nitrogens is 3. The maximum atomic E-state index is 11.5. The summed E-state index contributed by atoms with van der Waals surface area (Å²) in [6.07, 6.45) is 3.20. The molecule has 1 aromatic heterocycles. The van der Waals surface area contributed by atoms with E-state index in [-0.39, 0.29) is 0 Å². The fourth-order valence-electron chi connectivity index (χ4n) is 2.24. The molecule has 0 atom stereocenters. The van der Waals surface area contributed by atoms with Crippen LogP contribution in [0.5, 0.6) is 5.75 Å². The third kappa shape index (κ3) is 7.13. The van der Waals surface area contributed by atoms with E-state index in [4.69, 9.17) is 9.47 Å². The average molecular weight is 360 g/mol. The highest BCUT2D eigenvalue weighted by atomic mass is 16.6. The van der Waals surface area contributed by atoms with Crippen LogP contribution in [0.15, 0.2) is 30.5 Å². The lowest BCUT2D eigenvalue weighted by molar-refractivity contribution is 0.0526. The predicted molar refractivity (Wildman–Crippen MR) is 99.0 cm³/mol. The molecule has 0 aliphatic carbocycles. The van der Waals surface area contributed by atoms with Crippen LogP contribution in [0, 0.1) is 0 Å². The van der Waals surface area contributed by atoms with Crippen LogP contribution in [-0.2, 0) is 24.3 Å². The first kappa shape index (κ1) is 19.8. The number of carbonyl (C=O) groups excluding carboxylic acids is 1. The minimum Gasteiger partial charge on any atom is -0.487 e. The van der Waals surface area contributed by atoms with Gasteiger partial charge in [0.1, 0.15) is 23.7 Å². The molecule has 7 nitrogen and oxygen atoms in total. The number of ether oxygens (including phenoxy) is 2. The van der Waals surface area contributed by atoms with Crippen LogP contribution in [0.1, 0.15) is 45.4 Å². The van der Waals surface area contributed by atoms with Crippen molar-refractivity contribution in [2.45, 2.75) is 59.3 Å². The predicted octanol–water partition coefficient (Wildman–Crippen LogP) is 3.33. The van der Waals surface area contributed by atoms with E-state index >= 15 is 0 Å². The Balaban J connectivity index is 1.68. The van der Waals surface area contributed by atoms with Gasteiger partial charge < -0.3 is 14.8 Å². The van der Waals surface area contributed by atoms with Gasteiger partial charge in [0.05, 0.1) is 6.20 Å². The van der Waals surface area contributed by atoms with E-state index in [1.54, 1.807) is 4.68 Å². The Bertz CT molecular complexity index is 690. The molecule has 0 radical (unpaired) electrons. The van der Waals surface area contributed by atoms with E-state index in [2.05, 4.69) is 34.7 Å². The summed E-state index contributed by atoms with van der Waals surface area (Å²) in [5.74, 6) is 0.818. The monoisotopic (exact) mass is 360 g/mol. The van der Waals surface area contributed by atoms with Gasteiger partial charge in [-0.15, -0.1) is 5.10 Å². The van der Waals surface area contributed by atoms with Crippen molar-refractivity contribution in [2.75, 3.05) is 6.54 Å². The first-order valence-corrected chi connectivity index (χ1v) is 8.93. The van der Waals surface area contributed by atoms with Gasteiger partial charge in [-0.3, -0.25) is 4.68 Å². The molecule has 7 heteroatoms. The lowest BCUT2D eigenvalue weighted by atomic mass is 10.2. The summed E-state index contributed by atoms with van der Waals surface area (Å²) >= 11 is 0. The van der Waals surface area contributed by atoms with Crippen molar-refractivity contribution in [1.82, 2.24) is 20.3 Å². The Morgan fingerprint density at radius 2 is 1.96 bits per heavy atom. The number of nitrogens with one attached hydrogen (secondary N) is 1. The summed E-state index contributed by atoms with van der Waals surface area (Å²) in [7, 11) is 0. The van der Waals surface area contributed by atoms with E-state index in [1.165, 1.54) is 5.56 Å². The van der Waals surface area contributed by atoms with E-state index in [0.29, 0.717) is 19.7 Å². The van der Waals surface area contributed by atoms with Gasteiger partial charge in [0, 0.05) is 13.1 Å². The summed E-state index contributed by atoms with van der Waals surface area (Å²) in [5, 5.41) is 10.9. The zero-order valence-electron chi connectivity index (χ0n) is 16.0. The molecule has 0 saturated carbocycles. The quantitative estimate of drug-likeness (QED) is 0.731. The van der Waals surface area contributed by atoms with Crippen LogP contribution < -0.4 is 10.1 Å². The van der Waals surface area contributed by atoms with Gasteiger partial charge in [-0.1, -0.05) is 24.3 Å². The maximum absolute atomic E-state index is 11.5. The largest absolute Gasteiger partial charge is 0.487 e. The number of rotatable bonds is 8. The molecule has 0 aliphatic heterocycles. The van der Waals surface area contributed by atoms with Crippen molar-refractivity contribution in [1.29, 1.82) is 0 Å². The highest BCUT2D eigenvalue weighted by Crippen LogP contribution is 2.14. The van der Waals surface area contributed by atoms with Crippen molar-refractivity contribution < 1.29 is 14.3 Å². The molecule has 1 N–H and O–H groups in total. The molecular weight excluding hydrogens is 332 g/mol. The van der Waals surface area contributed by atoms with Crippen molar-refractivity contribution in [3.05, 3.63) is 41.7 Å². The van der Waals surface area contributed by atoms with Gasteiger partial charge in [0.15, 0.2) is 0 Å².